The van der Waals surface area contributed by atoms with E-state index in [4.69, 9.17) is 9.47 Å². The van der Waals surface area contributed by atoms with E-state index in [-0.39, 0.29) is 6.10 Å². The molecule has 3 heterocycles. The van der Waals surface area contributed by atoms with Crippen LogP contribution in [0.3, 0.4) is 0 Å². The van der Waals surface area contributed by atoms with Gasteiger partial charge in [0, 0.05) is 24.4 Å². The van der Waals surface area contributed by atoms with Crippen LogP contribution in [0.2, 0.25) is 0 Å². The highest BCUT2D eigenvalue weighted by Gasteiger charge is 2.32. The lowest BCUT2D eigenvalue weighted by molar-refractivity contribution is 0.0718. The number of H-pyrrole nitrogens is 1. The number of ether oxygens (including phenoxy) is 2. The van der Waals surface area contributed by atoms with Crippen LogP contribution in [0.25, 0.3) is 11.1 Å². The highest BCUT2D eigenvalue weighted by molar-refractivity contribution is 5.90. The zero-order valence-corrected chi connectivity index (χ0v) is 14.9. The van der Waals surface area contributed by atoms with Gasteiger partial charge < -0.3 is 14.8 Å². The molecule has 0 saturated carbocycles. The Hall–Kier alpha value is -3.53. The third-order valence-electron chi connectivity index (χ3n) is 4.24. The molecule has 1 aromatic carbocycles. The Morgan fingerprint density at radius 3 is 2.89 bits per heavy atom. The van der Waals surface area contributed by atoms with Crippen LogP contribution in [0, 0.1) is 5.82 Å². The number of carbonyl (C=O) groups excluding carboxylic acids is 1. The highest BCUT2D eigenvalue weighted by Crippen LogP contribution is 2.29. The maximum Gasteiger partial charge on any atom is 0.414 e. The molecule has 0 radical (unpaired) electrons. The lowest BCUT2D eigenvalue weighted by Gasteiger charge is -2.14. The van der Waals surface area contributed by atoms with Gasteiger partial charge in [0.05, 0.1) is 25.0 Å². The summed E-state index contributed by atoms with van der Waals surface area (Å²) < 4.78 is 24.9. The fourth-order valence-electron chi connectivity index (χ4n) is 2.93. The molecule has 9 nitrogen and oxygen atoms in total. The predicted molar refractivity (Wildman–Crippen MR) is 98.8 cm³/mol. The van der Waals surface area contributed by atoms with Crippen molar-refractivity contribution in [3.63, 3.8) is 0 Å². The van der Waals surface area contributed by atoms with E-state index in [9.17, 15) is 9.18 Å². The summed E-state index contributed by atoms with van der Waals surface area (Å²) in [6, 6.07) is 8.06. The summed E-state index contributed by atoms with van der Waals surface area (Å²) in [5.74, 6) is 0.623. The summed E-state index contributed by atoms with van der Waals surface area (Å²) in [7, 11) is 1.53. The SMILES string of the molecule is COCC1CN(c2ccc(-c3ccc(Nc4cn[nH]n4)nc3)c(F)c2)C(=O)O1. The number of hydrogen-bond acceptors (Lipinski definition) is 7. The van der Waals surface area contributed by atoms with Gasteiger partial charge in [-0.3, -0.25) is 4.90 Å². The molecular weight excluding hydrogens is 367 g/mol. The Labute approximate surface area is 159 Å². The molecule has 1 amide bonds. The molecule has 0 spiro atoms. The van der Waals surface area contributed by atoms with E-state index in [2.05, 4.69) is 25.7 Å². The van der Waals surface area contributed by atoms with Crippen molar-refractivity contribution in [3.8, 4) is 11.1 Å². The Morgan fingerprint density at radius 2 is 2.21 bits per heavy atom. The molecule has 1 unspecified atom stereocenters. The van der Waals surface area contributed by atoms with Crippen molar-refractivity contribution >= 4 is 23.4 Å². The molecule has 3 aromatic rings. The van der Waals surface area contributed by atoms with Crippen LogP contribution < -0.4 is 10.2 Å². The third kappa shape index (κ3) is 3.62. The molecule has 0 bridgehead atoms. The second-order valence-corrected chi connectivity index (χ2v) is 6.15. The first-order valence-electron chi connectivity index (χ1n) is 8.50. The summed E-state index contributed by atoms with van der Waals surface area (Å²) >= 11 is 0. The molecule has 1 atom stereocenters. The molecule has 1 fully saturated rings. The van der Waals surface area contributed by atoms with E-state index < -0.39 is 11.9 Å². The predicted octanol–water partition coefficient (Wildman–Crippen LogP) is 2.72. The number of cyclic esters (lactones) is 1. The van der Waals surface area contributed by atoms with Gasteiger partial charge in [-0.1, -0.05) is 0 Å². The van der Waals surface area contributed by atoms with Gasteiger partial charge in [0.25, 0.3) is 0 Å². The maximum absolute atomic E-state index is 14.7. The third-order valence-corrected chi connectivity index (χ3v) is 4.24. The largest absolute Gasteiger partial charge is 0.441 e. The van der Waals surface area contributed by atoms with Crippen molar-refractivity contribution in [2.45, 2.75) is 6.10 Å². The number of nitrogens with zero attached hydrogens (tertiary/aromatic N) is 4. The second kappa shape index (κ2) is 7.61. The van der Waals surface area contributed by atoms with Crippen molar-refractivity contribution in [1.29, 1.82) is 0 Å². The topological polar surface area (TPSA) is 105 Å². The van der Waals surface area contributed by atoms with Gasteiger partial charge in [0.1, 0.15) is 17.7 Å². The number of methoxy groups -OCH3 is 1. The van der Waals surface area contributed by atoms with Crippen molar-refractivity contribution in [1.82, 2.24) is 20.4 Å². The molecule has 1 aliphatic rings. The first kappa shape index (κ1) is 17.9. The van der Waals surface area contributed by atoms with E-state index in [1.807, 2.05) is 0 Å². The number of halogens is 1. The first-order chi connectivity index (χ1) is 13.6. The Morgan fingerprint density at radius 1 is 1.32 bits per heavy atom. The Balaban J connectivity index is 1.51. The number of hydrogen-bond donors (Lipinski definition) is 2. The number of aromatic amines is 1. The minimum Gasteiger partial charge on any atom is -0.441 e. The summed E-state index contributed by atoms with van der Waals surface area (Å²) in [6.07, 6.45) is 2.20. The average Bonchev–Trinajstić information content (AvgIpc) is 3.32. The monoisotopic (exact) mass is 384 g/mol. The molecule has 2 N–H and O–H groups in total. The zero-order chi connectivity index (χ0) is 19.5. The number of pyridine rings is 1. The van der Waals surface area contributed by atoms with Gasteiger partial charge in [0.15, 0.2) is 5.82 Å². The van der Waals surface area contributed by atoms with Crippen LogP contribution in [-0.4, -0.2) is 52.9 Å². The van der Waals surface area contributed by atoms with Crippen LogP contribution in [0.5, 0.6) is 0 Å². The molecule has 0 aliphatic carbocycles. The van der Waals surface area contributed by atoms with Gasteiger partial charge in [0.2, 0.25) is 0 Å². The smallest absolute Gasteiger partial charge is 0.414 e. The maximum atomic E-state index is 14.7. The summed E-state index contributed by atoms with van der Waals surface area (Å²) in [4.78, 5) is 17.6. The molecule has 10 heteroatoms. The number of nitrogens with one attached hydrogen (secondary N) is 2. The normalized spacial score (nSPS) is 16.3. The van der Waals surface area contributed by atoms with E-state index in [0.29, 0.717) is 41.6 Å². The molecular formula is C18H17FN6O3. The summed E-state index contributed by atoms with van der Waals surface area (Å²) in [5, 5.41) is 13.0. The molecule has 1 aliphatic heterocycles. The van der Waals surface area contributed by atoms with E-state index in [0.717, 1.165) is 0 Å². The van der Waals surface area contributed by atoms with Gasteiger partial charge in [-0.15, -0.1) is 5.10 Å². The van der Waals surface area contributed by atoms with Gasteiger partial charge in [-0.25, -0.2) is 14.2 Å². The molecule has 144 valence electrons. The van der Waals surface area contributed by atoms with Crippen molar-refractivity contribution in [3.05, 3.63) is 48.5 Å². The lowest BCUT2D eigenvalue weighted by atomic mass is 10.1. The number of benzene rings is 1. The molecule has 28 heavy (non-hydrogen) atoms. The van der Waals surface area contributed by atoms with Crippen LogP contribution >= 0.6 is 0 Å². The Kier molecular flexibility index (Phi) is 4.85. The molecule has 4 rings (SSSR count). The summed E-state index contributed by atoms with van der Waals surface area (Å²) in [6.45, 7) is 0.610. The van der Waals surface area contributed by atoms with Crippen LogP contribution in [-0.2, 0) is 9.47 Å². The number of rotatable bonds is 6. The van der Waals surface area contributed by atoms with Gasteiger partial charge in [-0.05, 0) is 30.3 Å². The first-order valence-corrected chi connectivity index (χ1v) is 8.50. The fraction of sp³-hybridized carbons (Fsp3) is 0.222. The summed E-state index contributed by atoms with van der Waals surface area (Å²) in [5.41, 5.74) is 1.42. The number of amides is 1. The standard InChI is InChI=1S/C18H17FN6O3/c1-27-10-13-9-25(18(26)28-13)12-3-4-14(15(19)6-12)11-2-5-16(20-7-11)22-17-8-21-24-23-17/h2-8,13H,9-10H2,1H3,(H2,20,21,22,23,24). The highest BCUT2D eigenvalue weighted by atomic mass is 19.1. The average molecular weight is 384 g/mol. The van der Waals surface area contributed by atoms with Crippen molar-refractivity contribution < 1.29 is 18.7 Å². The number of aromatic nitrogens is 4. The fourth-order valence-corrected chi connectivity index (χ4v) is 2.93. The zero-order valence-electron chi connectivity index (χ0n) is 14.9. The number of anilines is 3. The lowest BCUT2D eigenvalue weighted by Crippen LogP contribution is -2.25. The van der Waals surface area contributed by atoms with Crippen molar-refractivity contribution in [2.24, 2.45) is 0 Å². The van der Waals surface area contributed by atoms with Crippen LogP contribution in [0.1, 0.15) is 0 Å². The van der Waals surface area contributed by atoms with Crippen molar-refractivity contribution in [2.75, 3.05) is 30.5 Å². The van der Waals surface area contributed by atoms with E-state index in [1.165, 1.54) is 24.3 Å². The quantitative estimate of drug-likeness (QED) is 0.673. The number of carbonyl (C=O) groups is 1. The minimum atomic E-state index is -0.515. The van der Waals surface area contributed by atoms with Gasteiger partial charge in [-0.2, -0.15) is 10.3 Å². The van der Waals surface area contributed by atoms with Crippen LogP contribution in [0.15, 0.2) is 42.7 Å². The second-order valence-electron chi connectivity index (χ2n) is 6.15. The van der Waals surface area contributed by atoms with E-state index in [1.54, 1.807) is 30.5 Å². The van der Waals surface area contributed by atoms with E-state index >= 15 is 0 Å². The minimum absolute atomic E-state index is 0.295. The van der Waals surface area contributed by atoms with Gasteiger partial charge >= 0.3 is 6.09 Å². The Bertz CT molecular complexity index is 964. The van der Waals surface area contributed by atoms with Crippen LogP contribution in [0.4, 0.5) is 26.5 Å². The molecule has 1 saturated heterocycles. The molecule has 2 aromatic heterocycles.